The highest BCUT2D eigenvalue weighted by atomic mass is 32.2. The quantitative estimate of drug-likeness (QED) is 0.884. The number of sulfonamides is 1. The molecule has 1 unspecified atom stereocenters. The number of hydrogen-bond acceptors (Lipinski definition) is 4. The molecule has 0 fully saturated rings. The summed E-state index contributed by atoms with van der Waals surface area (Å²) < 4.78 is 43.6. The van der Waals surface area contributed by atoms with Crippen LogP contribution in [0.25, 0.3) is 11.0 Å². The van der Waals surface area contributed by atoms with Crippen LogP contribution in [0.15, 0.2) is 33.8 Å². The maximum absolute atomic E-state index is 13.0. The molecule has 2 rings (SSSR count). The summed E-state index contributed by atoms with van der Waals surface area (Å²) >= 11 is 0. The van der Waals surface area contributed by atoms with Crippen molar-refractivity contribution in [3.8, 4) is 0 Å². The molecule has 1 aromatic carbocycles. The summed E-state index contributed by atoms with van der Waals surface area (Å²) in [6.45, 7) is 1.18. The van der Waals surface area contributed by atoms with E-state index in [1.807, 2.05) is 4.72 Å². The Morgan fingerprint density at radius 1 is 1.42 bits per heavy atom. The Labute approximate surface area is 107 Å². The average Bonchev–Trinajstić information content (AvgIpc) is 2.71. The molecule has 6 nitrogen and oxygen atoms in total. The molecular formula is C11H10FNO5S. The number of fused-ring (bicyclic) bond motifs is 1. The maximum Gasteiger partial charge on any atom is 0.321 e. The van der Waals surface area contributed by atoms with Crippen LogP contribution in [0.1, 0.15) is 6.92 Å². The molecule has 1 aromatic heterocycles. The molecule has 102 valence electrons. The van der Waals surface area contributed by atoms with Gasteiger partial charge in [0, 0.05) is 11.5 Å². The smallest absolute Gasteiger partial charge is 0.321 e. The van der Waals surface area contributed by atoms with Crippen molar-refractivity contribution < 1.29 is 27.1 Å². The van der Waals surface area contributed by atoms with Crippen LogP contribution in [0.2, 0.25) is 0 Å². The highest BCUT2D eigenvalue weighted by Gasteiger charge is 2.24. The summed E-state index contributed by atoms with van der Waals surface area (Å²) in [4.78, 5) is 10.6. The molecule has 1 atom stereocenters. The third-order valence-electron chi connectivity index (χ3n) is 2.42. The number of hydrogen-bond donors (Lipinski definition) is 2. The Bertz CT molecular complexity index is 737. The standard InChI is InChI=1S/C11H10FNO5S/c1-6(11(14)15)13-19(16,17)10-5-7-4-8(12)2-3-9(7)18-10/h2-6,13H,1H3,(H,14,15). The number of rotatable bonds is 4. The van der Waals surface area contributed by atoms with Crippen LogP contribution in [-0.2, 0) is 14.8 Å². The molecule has 8 heteroatoms. The number of carboxylic acids is 1. The van der Waals surface area contributed by atoms with Crippen LogP contribution >= 0.6 is 0 Å². The highest BCUT2D eigenvalue weighted by Crippen LogP contribution is 2.23. The topological polar surface area (TPSA) is 96.6 Å². The van der Waals surface area contributed by atoms with E-state index in [9.17, 15) is 17.6 Å². The van der Waals surface area contributed by atoms with E-state index in [1.54, 1.807) is 0 Å². The molecule has 0 radical (unpaired) electrons. The predicted octanol–water partition coefficient (Wildman–Crippen LogP) is 1.32. The van der Waals surface area contributed by atoms with Gasteiger partial charge in [-0.25, -0.2) is 12.8 Å². The Morgan fingerprint density at radius 3 is 2.74 bits per heavy atom. The monoisotopic (exact) mass is 287 g/mol. The first-order chi connectivity index (χ1) is 8.79. The largest absolute Gasteiger partial charge is 0.480 e. The van der Waals surface area contributed by atoms with Crippen LogP contribution in [0.5, 0.6) is 0 Å². The molecule has 19 heavy (non-hydrogen) atoms. The van der Waals surface area contributed by atoms with Gasteiger partial charge < -0.3 is 9.52 Å². The van der Waals surface area contributed by atoms with Crippen molar-refractivity contribution in [1.29, 1.82) is 0 Å². The van der Waals surface area contributed by atoms with Crippen molar-refractivity contribution in [2.45, 2.75) is 18.1 Å². The SMILES string of the molecule is CC(NS(=O)(=O)c1cc2cc(F)ccc2o1)C(=O)O. The Balaban J connectivity index is 2.40. The lowest BCUT2D eigenvalue weighted by atomic mass is 10.2. The summed E-state index contributed by atoms with van der Waals surface area (Å²) in [5.74, 6) is -1.84. The van der Waals surface area contributed by atoms with Crippen LogP contribution < -0.4 is 4.72 Å². The zero-order valence-corrected chi connectivity index (χ0v) is 10.6. The van der Waals surface area contributed by atoms with Crippen molar-refractivity contribution >= 4 is 27.0 Å². The van der Waals surface area contributed by atoms with Crippen LogP contribution in [0, 0.1) is 5.82 Å². The summed E-state index contributed by atoms with van der Waals surface area (Å²) in [6, 6.07) is 3.39. The van der Waals surface area contributed by atoms with E-state index in [4.69, 9.17) is 9.52 Å². The van der Waals surface area contributed by atoms with Gasteiger partial charge in [-0.05, 0) is 25.1 Å². The number of nitrogens with one attached hydrogen (secondary N) is 1. The minimum Gasteiger partial charge on any atom is -0.480 e. The number of furan rings is 1. The Kier molecular flexibility index (Phi) is 3.29. The second-order valence-corrected chi connectivity index (χ2v) is 5.57. The van der Waals surface area contributed by atoms with Gasteiger partial charge in [0.05, 0.1) is 0 Å². The van der Waals surface area contributed by atoms with Gasteiger partial charge in [0.2, 0.25) is 5.09 Å². The van der Waals surface area contributed by atoms with Gasteiger partial charge in [0.1, 0.15) is 17.4 Å². The van der Waals surface area contributed by atoms with Gasteiger partial charge in [-0.2, -0.15) is 4.72 Å². The average molecular weight is 287 g/mol. The Morgan fingerprint density at radius 2 is 2.11 bits per heavy atom. The van der Waals surface area contributed by atoms with E-state index >= 15 is 0 Å². The molecule has 0 amide bonds. The number of aliphatic carboxylic acids is 1. The third kappa shape index (κ3) is 2.74. The van der Waals surface area contributed by atoms with E-state index in [0.29, 0.717) is 0 Å². The van der Waals surface area contributed by atoms with Crippen LogP contribution in [0.4, 0.5) is 4.39 Å². The first-order valence-corrected chi connectivity index (χ1v) is 6.72. The first kappa shape index (κ1) is 13.5. The summed E-state index contributed by atoms with van der Waals surface area (Å²) in [5.41, 5.74) is 0.199. The van der Waals surface area contributed by atoms with Crippen molar-refractivity contribution in [3.05, 3.63) is 30.1 Å². The van der Waals surface area contributed by atoms with Crippen molar-refractivity contribution in [2.24, 2.45) is 0 Å². The lowest BCUT2D eigenvalue weighted by Crippen LogP contribution is -2.38. The highest BCUT2D eigenvalue weighted by molar-refractivity contribution is 7.89. The van der Waals surface area contributed by atoms with Gasteiger partial charge in [-0.15, -0.1) is 0 Å². The fourth-order valence-electron chi connectivity index (χ4n) is 1.46. The number of benzene rings is 1. The molecule has 0 aliphatic heterocycles. The summed E-state index contributed by atoms with van der Waals surface area (Å²) in [5, 5.41) is 8.48. The molecule has 0 spiro atoms. The van der Waals surface area contributed by atoms with Gasteiger partial charge in [-0.1, -0.05) is 0 Å². The number of halogens is 1. The van der Waals surface area contributed by atoms with Crippen molar-refractivity contribution in [3.63, 3.8) is 0 Å². The van der Waals surface area contributed by atoms with E-state index in [1.165, 1.54) is 13.0 Å². The lowest BCUT2D eigenvalue weighted by Gasteiger charge is -2.07. The molecule has 2 aromatic rings. The first-order valence-electron chi connectivity index (χ1n) is 5.24. The van der Waals surface area contributed by atoms with Crippen LogP contribution in [0.3, 0.4) is 0 Å². The van der Waals surface area contributed by atoms with Gasteiger partial charge >= 0.3 is 5.97 Å². The molecular weight excluding hydrogens is 277 g/mol. The summed E-state index contributed by atoms with van der Waals surface area (Å²) in [6.07, 6.45) is 0. The maximum atomic E-state index is 13.0. The lowest BCUT2D eigenvalue weighted by molar-refractivity contribution is -0.138. The second-order valence-electron chi connectivity index (χ2n) is 3.93. The van der Waals surface area contributed by atoms with E-state index < -0.39 is 32.9 Å². The summed E-state index contributed by atoms with van der Waals surface area (Å²) in [7, 11) is -4.10. The molecule has 0 saturated carbocycles. The number of carbonyl (C=O) groups is 1. The molecule has 0 saturated heterocycles. The fourth-order valence-corrected chi connectivity index (χ4v) is 2.63. The molecule has 0 aliphatic carbocycles. The molecule has 0 aliphatic rings. The van der Waals surface area contributed by atoms with Crippen molar-refractivity contribution in [2.75, 3.05) is 0 Å². The van der Waals surface area contributed by atoms with E-state index in [-0.39, 0.29) is 11.0 Å². The minimum atomic E-state index is -4.10. The predicted molar refractivity (Wildman–Crippen MR) is 63.6 cm³/mol. The molecule has 2 N–H and O–H groups in total. The third-order valence-corrected chi connectivity index (χ3v) is 3.82. The second kappa shape index (κ2) is 4.63. The normalized spacial score (nSPS) is 13.6. The zero-order chi connectivity index (χ0) is 14.2. The van der Waals surface area contributed by atoms with E-state index in [0.717, 1.165) is 18.2 Å². The zero-order valence-electron chi connectivity index (χ0n) is 9.75. The van der Waals surface area contributed by atoms with Crippen molar-refractivity contribution in [1.82, 2.24) is 4.72 Å². The molecule has 1 heterocycles. The fraction of sp³-hybridized carbons (Fsp3) is 0.182. The number of carboxylic acid groups (broad SMARTS) is 1. The molecule has 0 bridgehead atoms. The minimum absolute atomic E-state index is 0.199. The van der Waals surface area contributed by atoms with Crippen LogP contribution in [-0.4, -0.2) is 25.5 Å². The van der Waals surface area contributed by atoms with Gasteiger partial charge in [-0.3, -0.25) is 4.79 Å². The Hall–Kier alpha value is -1.93. The van der Waals surface area contributed by atoms with Gasteiger partial charge in [0.15, 0.2) is 0 Å². The van der Waals surface area contributed by atoms with Gasteiger partial charge in [0.25, 0.3) is 10.0 Å². The van der Waals surface area contributed by atoms with E-state index in [2.05, 4.69) is 0 Å².